The maximum atomic E-state index is 13.3. The van der Waals surface area contributed by atoms with Crippen molar-refractivity contribution in [3.8, 4) is 0 Å². The molecule has 0 amide bonds. The minimum absolute atomic E-state index is 0.00685. The molecule has 1 atom stereocenters. The molecule has 0 aliphatic heterocycles. The summed E-state index contributed by atoms with van der Waals surface area (Å²) >= 11 is 0. The summed E-state index contributed by atoms with van der Waals surface area (Å²) < 4.78 is 19.2. The van der Waals surface area contributed by atoms with Crippen LogP contribution in [0.1, 0.15) is 44.1 Å². The predicted octanol–water partition coefficient (Wildman–Crippen LogP) is 2.94. The molecule has 0 saturated heterocycles. The lowest BCUT2D eigenvalue weighted by Crippen LogP contribution is -2.55. The number of ether oxygens (including phenoxy) is 1. The number of halogens is 1. The highest BCUT2D eigenvalue weighted by Gasteiger charge is 2.38. The molecular formula is C16H25FN2O. The number of rotatable bonds is 5. The monoisotopic (exact) mass is 280 g/mol. The second-order valence-electron chi connectivity index (χ2n) is 5.74. The van der Waals surface area contributed by atoms with Crippen molar-refractivity contribution in [2.75, 3.05) is 7.11 Å². The lowest BCUT2D eigenvalue weighted by Gasteiger charge is -2.39. The van der Waals surface area contributed by atoms with Gasteiger partial charge in [-0.15, -0.1) is 0 Å². The molecule has 1 aliphatic rings. The molecule has 1 saturated carbocycles. The second-order valence-corrected chi connectivity index (χ2v) is 5.74. The molecule has 0 spiro atoms. The number of hydrogen-bond donors (Lipinski definition) is 2. The predicted molar refractivity (Wildman–Crippen MR) is 78.7 cm³/mol. The van der Waals surface area contributed by atoms with Gasteiger partial charge < -0.3 is 4.74 Å². The molecule has 0 radical (unpaired) electrons. The Bertz CT molecular complexity index is 417. The minimum Gasteiger partial charge on any atom is -0.377 e. The molecule has 0 heterocycles. The van der Waals surface area contributed by atoms with Crippen LogP contribution in [0.2, 0.25) is 0 Å². The molecule has 112 valence electrons. The van der Waals surface area contributed by atoms with E-state index in [0.717, 1.165) is 31.2 Å². The number of hydrogen-bond acceptors (Lipinski definition) is 3. The summed E-state index contributed by atoms with van der Waals surface area (Å²) in [5.41, 5.74) is 3.63. The van der Waals surface area contributed by atoms with Crippen molar-refractivity contribution in [3.63, 3.8) is 0 Å². The standard InChI is InChI=1S/C16H25FN2O/c1-20-16(9-4-2-3-5-10-16)15(19-18)12-13-7-6-8-14(17)11-13/h6-8,11,15,19H,2-5,9-10,12,18H2,1H3. The first-order valence-corrected chi connectivity index (χ1v) is 7.46. The summed E-state index contributed by atoms with van der Waals surface area (Å²) in [4.78, 5) is 0. The summed E-state index contributed by atoms with van der Waals surface area (Å²) in [5, 5.41) is 0. The molecule has 3 N–H and O–H groups in total. The van der Waals surface area contributed by atoms with Crippen LogP contribution in [0.15, 0.2) is 24.3 Å². The van der Waals surface area contributed by atoms with E-state index in [1.807, 2.05) is 6.07 Å². The maximum Gasteiger partial charge on any atom is 0.123 e. The normalized spacial score (nSPS) is 20.4. The Morgan fingerprint density at radius 2 is 2.00 bits per heavy atom. The molecule has 1 aromatic rings. The topological polar surface area (TPSA) is 47.3 Å². The van der Waals surface area contributed by atoms with E-state index in [4.69, 9.17) is 10.6 Å². The smallest absolute Gasteiger partial charge is 0.123 e. The quantitative estimate of drug-likeness (QED) is 0.495. The van der Waals surface area contributed by atoms with Crippen molar-refractivity contribution in [1.29, 1.82) is 0 Å². The van der Waals surface area contributed by atoms with E-state index in [0.29, 0.717) is 6.42 Å². The van der Waals surface area contributed by atoms with Crippen LogP contribution < -0.4 is 11.3 Å². The molecule has 2 rings (SSSR count). The van der Waals surface area contributed by atoms with E-state index in [2.05, 4.69) is 5.43 Å². The molecule has 1 fully saturated rings. The highest BCUT2D eigenvalue weighted by molar-refractivity contribution is 5.18. The van der Waals surface area contributed by atoms with Gasteiger partial charge in [0.2, 0.25) is 0 Å². The number of nitrogens with two attached hydrogens (primary N) is 1. The van der Waals surface area contributed by atoms with Crippen LogP contribution in [0.5, 0.6) is 0 Å². The van der Waals surface area contributed by atoms with Gasteiger partial charge in [0, 0.05) is 7.11 Å². The average Bonchev–Trinajstić information content (AvgIpc) is 2.71. The Labute approximate surface area is 120 Å². The lowest BCUT2D eigenvalue weighted by molar-refractivity contribution is -0.0527. The third-order valence-electron chi connectivity index (χ3n) is 4.52. The van der Waals surface area contributed by atoms with E-state index in [1.54, 1.807) is 19.2 Å². The molecule has 3 nitrogen and oxygen atoms in total. The molecule has 1 aromatic carbocycles. The summed E-state index contributed by atoms with van der Waals surface area (Å²) in [7, 11) is 1.77. The van der Waals surface area contributed by atoms with Gasteiger partial charge in [-0.05, 0) is 37.0 Å². The van der Waals surface area contributed by atoms with Crippen LogP contribution in [0.3, 0.4) is 0 Å². The van der Waals surface area contributed by atoms with Crippen molar-refractivity contribution in [2.45, 2.75) is 56.6 Å². The van der Waals surface area contributed by atoms with Crippen LogP contribution in [-0.4, -0.2) is 18.8 Å². The largest absolute Gasteiger partial charge is 0.377 e. The zero-order chi connectivity index (χ0) is 14.4. The fourth-order valence-corrected chi connectivity index (χ4v) is 3.32. The van der Waals surface area contributed by atoms with E-state index in [1.165, 1.54) is 18.9 Å². The fraction of sp³-hybridized carbons (Fsp3) is 0.625. The summed E-state index contributed by atoms with van der Waals surface area (Å²) in [6.45, 7) is 0. The lowest BCUT2D eigenvalue weighted by atomic mass is 9.83. The first-order chi connectivity index (χ1) is 9.70. The molecule has 1 aliphatic carbocycles. The van der Waals surface area contributed by atoms with Crippen molar-refractivity contribution >= 4 is 0 Å². The average molecular weight is 280 g/mol. The SMILES string of the molecule is COC1(C(Cc2cccc(F)c2)NN)CCCCCC1. The molecular weight excluding hydrogens is 255 g/mol. The molecule has 0 bridgehead atoms. The zero-order valence-corrected chi connectivity index (χ0v) is 12.2. The Hall–Kier alpha value is -0.970. The Morgan fingerprint density at radius 1 is 1.30 bits per heavy atom. The second kappa shape index (κ2) is 7.16. The van der Waals surface area contributed by atoms with Crippen molar-refractivity contribution in [2.24, 2.45) is 5.84 Å². The van der Waals surface area contributed by atoms with Crippen molar-refractivity contribution in [3.05, 3.63) is 35.6 Å². The van der Waals surface area contributed by atoms with Gasteiger partial charge in [-0.2, -0.15) is 0 Å². The number of benzene rings is 1. The Balaban J connectivity index is 2.16. The van der Waals surface area contributed by atoms with Gasteiger partial charge in [-0.1, -0.05) is 37.8 Å². The molecule has 1 unspecified atom stereocenters. The third-order valence-corrected chi connectivity index (χ3v) is 4.52. The van der Waals surface area contributed by atoms with Gasteiger partial charge in [0.15, 0.2) is 0 Å². The Kier molecular flexibility index (Phi) is 5.52. The van der Waals surface area contributed by atoms with Crippen molar-refractivity contribution < 1.29 is 9.13 Å². The van der Waals surface area contributed by atoms with Gasteiger partial charge in [0.05, 0.1) is 11.6 Å². The highest BCUT2D eigenvalue weighted by atomic mass is 19.1. The van der Waals surface area contributed by atoms with Gasteiger partial charge in [-0.3, -0.25) is 11.3 Å². The van der Waals surface area contributed by atoms with E-state index in [9.17, 15) is 4.39 Å². The molecule has 0 aromatic heterocycles. The number of hydrazine groups is 1. The maximum absolute atomic E-state index is 13.3. The first-order valence-electron chi connectivity index (χ1n) is 7.46. The minimum atomic E-state index is -0.239. The van der Waals surface area contributed by atoms with Gasteiger partial charge in [0.25, 0.3) is 0 Å². The summed E-state index contributed by atoms with van der Waals surface area (Å²) in [6, 6.07) is 6.72. The van der Waals surface area contributed by atoms with Crippen LogP contribution in [0.4, 0.5) is 4.39 Å². The highest BCUT2D eigenvalue weighted by Crippen LogP contribution is 2.34. The van der Waals surface area contributed by atoms with Crippen LogP contribution in [0.25, 0.3) is 0 Å². The van der Waals surface area contributed by atoms with Crippen LogP contribution >= 0.6 is 0 Å². The number of methoxy groups -OCH3 is 1. The first kappa shape index (κ1) is 15.4. The van der Waals surface area contributed by atoms with Crippen molar-refractivity contribution in [1.82, 2.24) is 5.43 Å². The van der Waals surface area contributed by atoms with Gasteiger partial charge >= 0.3 is 0 Å². The number of nitrogens with one attached hydrogen (secondary N) is 1. The molecule has 4 heteroatoms. The third kappa shape index (κ3) is 3.57. The Morgan fingerprint density at radius 3 is 2.55 bits per heavy atom. The van der Waals surface area contributed by atoms with Gasteiger partial charge in [-0.25, -0.2) is 4.39 Å². The zero-order valence-electron chi connectivity index (χ0n) is 12.2. The summed E-state index contributed by atoms with van der Waals surface area (Å²) in [5.74, 6) is 5.57. The van der Waals surface area contributed by atoms with Crippen LogP contribution in [-0.2, 0) is 11.2 Å². The molecule has 20 heavy (non-hydrogen) atoms. The van der Waals surface area contributed by atoms with E-state index in [-0.39, 0.29) is 17.5 Å². The van der Waals surface area contributed by atoms with Crippen LogP contribution in [0, 0.1) is 5.82 Å². The van der Waals surface area contributed by atoms with E-state index < -0.39 is 0 Å². The van der Waals surface area contributed by atoms with Gasteiger partial charge in [0.1, 0.15) is 5.82 Å². The van der Waals surface area contributed by atoms with E-state index >= 15 is 0 Å². The fourth-order valence-electron chi connectivity index (χ4n) is 3.32. The summed E-state index contributed by atoms with van der Waals surface area (Å²) in [6.07, 6.45) is 7.53.